The van der Waals surface area contributed by atoms with Crippen molar-refractivity contribution in [3.63, 3.8) is 0 Å². The van der Waals surface area contributed by atoms with E-state index in [1.165, 1.54) is 4.68 Å². The van der Waals surface area contributed by atoms with Crippen LogP contribution >= 0.6 is 11.8 Å². The third-order valence-electron chi connectivity index (χ3n) is 2.62. The second-order valence-corrected chi connectivity index (χ2v) is 5.56. The first-order chi connectivity index (χ1) is 8.79. The fraction of sp³-hybridized carbons (Fsp3) is 0.636. The third-order valence-corrected chi connectivity index (χ3v) is 4.25. The summed E-state index contributed by atoms with van der Waals surface area (Å²) in [4.78, 5) is 21.8. The number of thioether (sulfide) groups is 1. The fourth-order valence-electron chi connectivity index (χ4n) is 1.68. The summed E-state index contributed by atoms with van der Waals surface area (Å²) in [6.45, 7) is 7.38. The molecule has 1 N–H and O–H groups in total. The lowest BCUT2D eigenvalue weighted by molar-refractivity contribution is -0.388. The second kappa shape index (κ2) is 6.05. The van der Waals surface area contributed by atoms with E-state index < -0.39 is 16.1 Å². The van der Waals surface area contributed by atoms with Crippen LogP contribution in [0.2, 0.25) is 0 Å². The van der Waals surface area contributed by atoms with Crippen LogP contribution in [0.5, 0.6) is 0 Å². The van der Waals surface area contributed by atoms with Crippen molar-refractivity contribution in [1.82, 2.24) is 9.78 Å². The summed E-state index contributed by atoms with van der Waals surface area (Å²) in [6.07, 6.45) is 0. The van der Waals surface area contributed by atoms with Gasteiger partial charge in [-0.15, -0.1) is 0 Å². The van der Waals surface area contributed by atoms with Crippen molar-refractivity contribution < 1.29 is 14.8 Å². The molecule has 0 bridgehead atoms. The van der Waals surface area contributed by atoms with Crippen LogP contribution in [0.25, 0.3) is 0 Å². The van der Waals surface area contributed by atoms with Gasteiger partial charge in [-0.2, -0.15) is 5.10 Å². The van der Waals surface area contributed by atoms with Crippen LogP contribution in [-0.2, 0) is 11.3 Å². The largest absolute Gasteiger partial charge is 0.480 e. The molecule has 1 heterocycles. The predicted octanol–water partition coefficient (Wildman–Crippen LogP) is 2.32. The Morgan fingerprint density at radius 1 is 1.58 bits per heavy atom. The molecule has 0 aliphatic heterocycles. The second-order valence-electron chi connectivity index (χ2n) is 4.43. The minimum Gasteiger partial charge on any atom is -0.480 e. The van der Waals surface area contributed by atoms with Gasteiger partial charge in [0.05, 0.1) is 4.92 Å². The molecular weight excluding hydrogens is 270 g/mol. The van der Waals surface area contributed by atoms with Gasteiger partial charge in [0.25, 0.3) is 0 Å². The highest BCUT2D eigenvalue weighted by Crippen LogP contribution is 2.36. The first-order valence-corrected chi connectivity index (χ1v) is 6.78. The van der Waals surface area contributed by atoms with E-state index in [1.807, 2.05) is 6.92 Å². The van der Waals surface area contributed by atoms with Crippen molar-refractivity contribution in [2.75, 3.05) is 0 Å². The maximum absolute atomic E-state index is 11.2. The number of aryl methyl sites for hydroxylation is 2. The molecule has 0 aliphatic carbocycles. The summed E-state index contributed by atoms with van der Waals surface area (Å²) in [5.41, 5.74) is 0.209. The maximum atomic E-state index is 11.2. The summed E-state index contributed by atoms with van der Waals surface area (Å²) < 4.78 is 1.48. The summed E-state index contributed by atoms with van der Waals surface area (Å²) in [5, 5.41) is 23.9. The smallest absolute Gasteiger partial charge is 0.323 e. The SMILES string of the molecule is CCn1nc(C)c([N+](=O)[O-])c1SC(C(=O)O)C(C)C. The number of rotatable bonds is 6. The van der Waals surface area contributed by atoms with Crippen LogP contribution in [0.3, 0.4) is 0 Å². The molecule has 106 valence electrons. The van der Waals surface area contributed by atoms with Gasteiger partial charge >= 0.3 is 11.7 Å². The van der Waals surface area contributed by atoms with E-state index >= 15 is 0 Å². The molecule has 0 aliphatic rings. The van der Waals surface area contributed by atoms with Gasteiger partial charge in [-0.05, 0) is 19.8 Å². The number of hydrogen-bond donors (Lipinski definition) is 1. The average molecular weight is 287 g/mol. The van der Waals surface area contributed by atoms with Crippen molar-refractivity contribution in [2.24, 2.45) is 5.92 Å². The van der Waals surface area contributed by atoms with Gasteiger partial charge in [-0.1, -0.05) is 25.6 Å². The van der Waals surface area contributed by atoms with Crippen molar-refractivity contribution in [1.29, 1.82) is 0 Å². The zero-order valence-electron chi connectivity index (χ0n) is 11.3. The highest BCUT2D eigenvalue weighted by molar-refractivity contribution is 8.00. The molecule has 1 aromatic rings. The minimum atomic E-state index is -0.976. The highest BCUT2D eigenvalue weighted by Gasteiger charge is 2.31. The van der Waals surface area contributed by atoms with Crippen molar-refractivity contribution in [3.05, 3.63) is 15.8 Å². The molecule has 0 amide bonds. The monoisotopic (exact) mass is 287 g/mol. The van der Waals surface area contributed by atoms with Gasteiger partial charge in [0.15, 0.2) is 5.03 Å². The van der Waals surface area contributed by atoms with Crippen LogP contribution in [0, 0.1) is 23.0 Å². The number of nitrogens with zero attached hydrogens (tertiary/aromatic N) is 3. The first-order valence-electron chi connectivity index (χ1n) is 5.90. The fourth-order valence-corrected chi connectivity index (χ4v) is 2.92. The molecular formula is C11H17N3O4S. The van der Waals surface area contributed by atoms with E-state index in [1.54, 1.807) is 20.8 Å². The molecule has 19 heavy (non-hydrogen) atoms. The van der Waals surface area contributed by atoms with E-state index in [-0.39, 0.29) is 11.6 Å². The summed E-state index contributed by atoms with van der Waals surface area (Å²) in [7, 11) is 0. The summed E-state index contributed by atoms with van der Waals surface area (Å²) in [6, 6.07) is 0. The topological polar surface area (TPSA) is 98.3 Å². The summed E-state index contributed by atoms with van der Waals surface area (Å²) >= 11 is 0.991. The lowest BCUT2D eigenvalue weighted by Crippen LogP contribution is -2.23. The molecule has 0 radical (unpaired) electrons. The van der Waals surface area contributed by atoms with Crippen LogP contribution < -0.4 is 0 Å². The van der Waals surface area contributed by atoms with Gasteiger partial charge in [-0.25, -0.2) is 0 Å². The molecule has 0 saturated heterocycles. The number of nitro groups is 1. The van der Waals surface area contributed by atoms with Gasteiger partial charge in [0.1, 0.15) is 10.9 Å². The predicted molar refractivity (Wildman–Crippen MR) is 71.4 cm³/mol. The Morgan fingerprint density at radius 3 is 2.53 bits per heavy atom. The molecule has 1 atom stereocenters. The minimum absolute atomic E-state index is 0.0984. The molecule has 8 heteroatoms. The van der Waals surface area contributed by atoms with Gasteiger partial charge in [0, 0.05) is 6.54 Å². The van der Waals surface area contributed by atoms with Gasteiger partial charge in [-0.3, -0.25) is 19.6 Å². The highest BCUT2D eigenvalue weighted by atomic mass is 32.2. The van der Waals surface area contributed by atoms with E-state index in [4.69, 9.17) is 0 Å². The summed E-state index contributed by atoms with van der Waals surface area (Å²) in [5.74, 6) is -1.11. The van der Waals surface area contributed by atoms with E-state index in [2.05, 4.69) is 5.10 Å². The number of carboxylic acid groups (broad SMARTS) is 1. The lowest BCUT2D eigenvalue weighted by atomic mass is 10.1. The quantitative estimate of drug-likeness (QED) is 0.490. The Hall–Kier alpha value is -1.57. The molecule has 0 saturated carbocycles. The van der Waals surface area contributed by atoms with Crippen LogP contribution in [0.4, 0.5) is 5.69 Å². The number of aromatic nitrogens is 2. The zero-order chi connectivity index (χ0) is 14.7. The Labute approximate surface area is 115 Å². The molecule has 0 fully saturated rings. The maximum Gasteiger partial charge on any atom is 0.323 e. The number of carbonyl (C=O) groups is 1. The Morgan fingerprint density at radius 2 is 2.16 bits per heavy atom. The molecule has 0 aromatic carbocycles. The van der Waals surface area contributed by atoms with E-state index in [9.17, 15) is 20.0 Å². The number of carboxylic acids is 1. The van der Waals surface area contributed by atoms with E-state index in [0.29, 0.717) is 17.3 Å². The number of hydrogen-bond acceptors (Lipinski definition) is 5. The van der Waals surface area contributed by atoms with Crippen LogP contribution in [0.1, 0.15) is 26.5 Å². The normalized spacial score (nSPS) is 12.7. The Kier molecular flexibility index (Phi) is 4.93. The molecule has 1 aromatic heterocycles. The Balaban J connectivity index is 3.24. The molecule has 1 rings (SSSR count). The van der Waals surface area contributed by atoms with Gasteiger partial charge < -0.3 is 5.11 Å². The molecule has 7 nitrogen and oxygen atoms in total. The van der Waals surface area contributed by atoms with Crippen molar-refractivity contribution in [3.8, 4) is 0 Å². The average Bonchev–Trinajstić information content (AvgIpc) is 2.61. The number of aliphatic carboxylic acids is 1. The van der Waals surface area contributed by atoms with Crippen molar-refractivity contribution >= 4 is 23.4 Å². The zero-order valence-corrected chi connectivity index (χ0v) is 12.1. The van der Waals surface area contributed by atoms with E-state index in [0.717, 1.165) is 11.8 Å². The van der Waals surface area contributed by atoms with Crippen LogP contribution in [0.15, 0.2) is 5.03 Å². The van der Waals surface area contributed by atoms with Crippen LogP contribution in [-0.4, -0.2) is 31.0 Å². The molecule has 1 unspecified atom stereocenters. The standard InChI is InChI=1S/C11H17N3O4S/c1-5-13-10(8(14(17)18)7(4)12-13)19-9(6(2)3)11(15)16/h6,9H,5H2,1-4H3,(H,15,16). The Bertz CT molecular complexity index is 498. The molecule has 0 spiro atoms. The lowest BCUT2D eigenvalue weighted by Gasteiger charge is -2.15. The van der Waals surface area contributed by atoms with Gasteiger partial charge in [0.2, 0.25) is 0 Å². The third kappa shape index (κ3) is 3.25. The first kappa shape index (κ1) is 15.5. The van der Waals surface area contributed by atoms with Crippen molar-refractivity contribution in [2.45, 2.75) is 44.5 Å².